The van der Waals surface area contributed by atoms with Crippen molar-refractivity contribution in [3.8, 4) is 11.1 Å². The largest absolute Gasteiger partial charge is 0.388 e. The number of unbranched alkanes of at least 4 members (excludes halogenated alkanes) is 6. The third-order valence-electron chi connectivity index (χ3n) is 4.72. The summed E-state index contributed by atoms with van der Waals surface area (Å²) in [5.41, 5.74) is 3.08. The van der Waals surface area contributed by atoms with Crippen molar-refractivity contribution in [1.29, 1.82) is 0 Å². The van der Waals surface area contributed by atoms with E-state index in [0.29, 0.717) is 0 Å². The molecule has 1 atom stereocenters. The monoisotopic (exact) mass is 340 g/mol. The van der Waals surface area contributed by atoms with Gasteiger partial charge in [0.2, 0.25) is 0 Å². The number of aryl methyl sites for hydroxylation is 1. The number of hydrogen-bond donors (Lipinski definition) is 1. The minimum atomic E-state index is -0.380. The molecule has 2 aromatic rings. The molecule has 0 saturated carbocycles. The molecule has 2 rings (SSSR count). The molecule has 1 N–H and O–H groups in total. The summed E-state index contributed by atoms with van der Waals surface area (Å²) in [4.78, 5) is 9.03. The van der Waals surface area contributed by atoms with Gasteiger partial charge in [0.25, 0.3) is 0 Å². The van der Waals surface area contributed by atoms with E-state index in [2.05, 4.69) is 16.9 Å². The van der Waals surface area contributed by atoms with Crippen molar-refractivity contribution in [2.75, 3.05) is 0 Å². The van der Waals surface area contributed by atoms with Gasteiger partial charge in [-0.1, -0.05) is 76.6 Å². The second-order valence-corrected chi connectivity index (χ2v) is 6.81. The van der Waals surface area contributed by atoms with Gasteiger partial charge in [-0.25, -0.2) is 9.97 Å². The van der Waals surface area contributed by atoms with Gasteiger partial charge in [0.1, 0.15) is 5.82 Å². The molecule has 25 heavy (non-hydrogen) atoms. The summed E-state index contributed by atoms with van der Waals surface area (Å²) in [6.07, 6.45) is 14.3. The number of nitrogens with zero attached hydrogens (tertiary/aromatic N) is 2. The number of hydrogen-bond acceptors (Lipinski definition) is 3. The van der Waals surface area contributed by atoms with Crippen LogP contribution in [0, 0.1) is 0 Å². The molecule has 1 unspecified atom stereocenters. The molecule has 0 aliphatic heterocycles. The van der Waals surface area contributed by atoms with Crippen molar-refractivity contribution >= 4 is 0 Å². The SMILES string of the molecule is CCCCCCCCCc1ncc(-c2ccc(C(O)CC)cc2)cn1. The van der Waals surface area contributed by atoms with Crippen LogP contribution in [0.2, 0.25) is 0 Å². The normalized spacial score (nSPS) is 12.3. The van der Waals surface area contributed by atoms with Crippen molar-refractivity contribution in [3.05, 3.63) is 48.0 Å². The molecule has 1 aromatic carbocycles. The minimum Gasteiger partial charge on any atom is -0.388 e. The highest BCUT2D eigenvalue weighted by Gasteiger charge is 2.06. The summed E-state index contributed by atoms with van der Waals surface area (Å²) in [7, 11) is 0. The van der Waals surface area contributed by atoms with Gasteiger partial charge in [0.05, 0.1) is 6.10 Å². The van der Waals surface area contributed by atoms with Gasteiger partial charge in [-0.3, -0.25) is 0 Å². The molecule has 136 valence electrons. The fourth-order valence-corrected chi connectivity index (χ4v) is 3.01. The molecule has 0 spiro atoms. The second kappa shape index (κ2) is 11.0. The fraction of sp³-hybridized carbons (Fsp3) is 0.545. The van der Waals surface area contributed by atoms with E-state index < -0.39 is 0 Å². The third-order valence-corrected chi connectivity index (χ3v) is 4.72. The number of rotatable bonds is 11. The zero-order valence-corrected chi connectivity index (χ0v) is 15.7. The Morgan fingerprint density at radius 2 is 1.40 bits per heavy atom. The Kier molecular flexibility index (Phi) is 8.61. The minimum absolute atomic E-state index is 0.380. The Morgan fingerprint density at radius 3 is 2.00 bits per heavy atom. The highest BCUT2D eigenvalue weighted by molar-refractivity contribution is 5.61. The van der Waals surface area contributed by atoms with Crippen LogP contribution in [0.4, 0.5) is 0 Å². The smallest absolute Gasteiger partial charge is 0.128 e. The van der Waals surface area contributed by atoms with Gasteiger partial charge in [-0.2, -0.15) is 0 Å². The molecule has 3 heteroatoms. The molecule has 0 aliphatic rings. The van der Waals surface area contributed by atoms with E-state index in [1.807, 2.05) is 43.6 Å². The van der Waals surface area contributed by atoms with Gasteiger partial charge >= 0.3 is 0 Å². The van der Waals surface area contributed by atoms with Crippen LogP contribution in [-0.2, 0) is 6.42 Å². The van der Waals surface area contributed by atoms with Gasteiger partial charge < -0.3 is 5.11 Å². The van der Waals surface area contributed by atoms with E-state index in [1.165, 1.54) is 44.9 Å². The van der Waals surface area contributed by atoms with Crippen LogP contribution in [0.5, 0.6) is 0 Å². The molecular weight excluding hydrogens is 308 g/mol. The predicted octanol–water partition coefficient (Wildman–Crippen LogP) is 5.88. The number of aliphatic hydroxyl groups is 1. The van der Waals surface area contributed by atoms with Crippen molar-refractivity contribution in [1.82, 2.24) is 9.97 Å². The standard InChI is InChI=1S/C22H32N2O/c1-3-5-6-7-8-9-10-11-22-23-16-20(17-24-22)18-12-14-19(15-13-18)21(25)4-2/h12-17,21,25H,3-11H2,1-2H3. The Bertz CT molecular complexity index is 592. The molecule has 0 amide bonds. The van der Waals surface area contributed by atoms with Crippen molar-refractivity contribution in [2.45, 2.75) is 77.7 Å². The first kappa shape index (κ1) is 19.6. The molecule has 1 aromatic heterocycles. The Morgan fingerprint density at radius 1 is 0.800 bits per heavy atom. The molecule has 0 fully saturated rings. The number of aromatic nitrogens is 2. The topological polar surface area (TPSA) is 46.0 Å². The second-order valence-electron chi connectivity index (χ2n) is 6.81. The lowest BCUT2D eigenvalue weighted by atomic mass is 10.0. The van der Waals surface area contributed by atoms with E-state index in [4.69, 9.17) is 0 Å². The Hall–Kier alpha value is -1.74. The first-order valence-corrected chi connectivity index (χ1v) is 9.84. The highest BCUT2D eigenvalue weighted by Crippen LogP contribution is 2.22. The lowest BCUT2D eigenvalue weighted by Crippen LogP contribution is -1.96. The van der Waals surface area contributed by atoms with Gasteiger partial charge in [0, 0.05) is 24.4 Å². The number of benzene rings is 1. The summed E-state index contributed by atoms with van der Waals surface area (Å²) in [5, 5.41) is 9.87. The third kappa shape index (κ3) is 6.58. The Balaban J connectivity index is 1.79. The van der Waals surface area contributed by atoms with Crippen LogP contribution in [0.15, 0.2) is 36.7 Å². The summed E-state index contributed by atoms with van der Waals surface area (Å²) < 4.78 is 0. The quantitative estimate of drug-likeness (QED) is 0.519. The first-order chi connectivity index (χ1) is 12.2. The summed E-state index contributed by atoms with van der Waals surface area (Å²) >= 11 is 0. The van der Waals surface area contributed by atoms with E-state index in [1.54, 1.807) is 0 Å². The van der Waals surface area contributed by atoms with E-state index in [9.17, 15) is 5.11 Å². The van der Waals surface area contributed by atoms with E-state index in [-0.39, 0.29) is 6.10 Å². The average Bonchev–Trinajstić information content (AvgIpc) is 2.67. The maximum atomic E-state index is 9.87. The van der Waals surface area contributed by atoms with Crippen molar-refractivity contribution in [2.24, 2.45) is 0 Å². The van der Waals surface area contributed by atoms with E-state index in [0.717, 1.165) is 35.4 Å². The fourth-order valence-electron chi connectivity index (χ4n) is 3.01. The van der Waals surface area contributed by atoms with Gasteiger partial charge in [0.15, 0.2) is 0 Å². The molecule has 0 saturated heterocycles. The summed E-state index contributed by atoms with van der Waals surface area (Å²) in [5.74, 6) is 0.940. The molecule has 0 bridgehead atoms. The van der Waals surface area contributed by atoms with Crippen molar-refractivity contribution in [3.63, 3.8) is 0 Å². The molecule has 0 aliphatic carbocycles. The maximum Gasteiger partial charge on any atom is 0.128 e. The summed E-state index contributed by atoms with van der Waals surface area (Å²) in [6.45, 7) is 4.24. The van der Waals surface area contributed by atoms with Gasteiger partial charge in [-0.05, 0) is 24.0 Å². The van der Waals surface area contributed by atoms with Crippen molar-refractivity contribution < 1.29 is 5.11 Å². The van der Waals surface area contributed by atoms with E-state index >= 15 is 0 Å². The molecule has 3 nitrogen and oxygen atoms in total. The average molecular weight is 341 g/mol. The molecule has 0 radical (unpaired) electrons. The molecular formula is C22H32N2O. The van der Waals surface area contributed by atoms with Crippen LogP contribution in [0.1, 0.15) is 82.7 Å². The predicted molar refractivity (Wildman–Crippen MR) is 104 cm³/mol. The lowest BCUT2D eigenvalue weighted by molar-refractivity contribution is 0.173. The van der Waals surface area contributed by atoms with Crippen LogP contribution >= 0.6 is 0 Å². The lowest BCUT2D eigenvalue weighted by Gasteiger charge is -2.09. The summed E-state index contributed by atoms with van der Waals surface area (Å²) in [6, 6.07) is 8.03. The zero-order valence-electron chi connectivity index (χ0n) is 15.7. The van der Waals surface area contributed by atoms with Gasteiger partial charge in [-0.15, -0.1) is 0 Å². The van der Waals surface area contributed by atoms with Crippen LogP contribution in [-0.4, -0.2) is 15.1 Å². The molecule has 1 heterocycles. The Labute approximate surface area is 152 Å². The van der Waals surface area contributed by atoms with Crippen LogP contribution < -0.4 is 0 Å². The first-order valence-electron chi connectivity index (χ1n) is 9.84. The van der Waals surface area contributed by atoms with Crippen LogP contribution in [0.25, 0.3) is 11.1 Å². The number of aliphatic hydroxyl groups excluding tert-OH is 1. The van der Waals surface area contributed by atoms with Crippen LogP contribution in [0.3, 0.4) is 0 Å². The maximum absolute atomic E-state index is 9.87. The highest BCUT2D eigenvalue weighted by atomic mass is 16.3. The zero-order chi connectivity index (χ0) is 17.9.